The molecule has 1 aromatic rings. The van der Waals surface area contributed by atoms with Crippen LogP contribution in [0, 0.1) is 0 Å². The number of nitrogens with one attached hydrogen (secondary N) is 2. The first-order chi connectivity index (χ1) is 9.58. The summed E-state index contributed by atoms with van der Waals surface area (Å²) >= 11 is 5.87. The van der Waals surface area contributed by atoms with Crippen LogP contribution in [-0.4, -0.2) is 42.9 Å². The molecule has 20 heavy (non-hydrogen) atoms. The van der Waals surface area contributed by atoms with Gasteiger partial charge in [-0.05, 0) is 24.6 Å². The van der Waals surface area contributed by atoms with Gasteiger partial charge >= 0.3 is 0 Å². The molecule has 3 atom stereocenters. The monoisotopic (exact) mass is 298 g/mol. The lowest BCUT2D eigenvalue weighted by molar-refractivity contribution is -0.129. The molecular weight excluding hydrogens is 280 g/mol. The normalized spacial score (nSPS) is 24.1. The fourth-order valence-corrected chi connectivity index (χ4v) is 2.36. The lowest BCUT2D eigenvalue weighted by Crippen LogP contribution is -2.55. The van der Waals surface area contributed by atoms with Gasteiger partial charge in [-0.1, -0.05) is 23.7 Å². The van der Waals surface area contributed by atoms with Gasteiger partial charge in [0, 0.05) is 18.1 Å². The average molecular weight is 299 g/mol. The van der Waals surface area contributed by atoms with Crippen molar-refractivity contribution in [1.82, 2.24) is 10.6 Å². The molecule has 1 amide bonds. The zero-order valence-electron chi connectivity index (χ0n) is 11.3. The quantitative estimate of drug-likeness (QED) is 0.771. The molecule has 1 saturated heterocycles. The van der Waals surface area contributed by atoms with Crippen LogP contribution in [0.4, 0.5) is 0 Å². The first-order valence-corrected chi connectivity index (χ1v) is 7.02. The minimum absolute atomic E-state index is 0.143. The zero-order valence-corrected chi connectivity index (χ0v) is 12.1. The van der Waals surface area contributed by atoms with Crippen LogP contribution in [0.3, 0.4) is 0 Å². The lowest BCUT2D eigenvalue weighted by atomic mass is 10.1. The van der Waals surface area contributed by atoms with Gasteiger partial charge in [0.25, 0.3) is 0 Å². The Labute approximate surface area is 123 Å². The second-order valence-electron chi connectivity index (χ2n) is 4.82. The highest BCUT2D eigenvalue weighted by Crippen LogP contribution is 2.17. The van der Waals surface area contributed by atoms with Crippen molar-refractivity contribution < 1.29 is 14.6 Å². The van der Waals surface area contributed by atoms with Crippen molar-refractivity contribution in [2.75, 3.05) is 19.7 Å². The van der Waals surface area contributed by atoms with Crippen LogP contribution in [0.15, 0.2) is 24.3 Å². The highest BCUT2D eigenvalue weighted by molar-refractivity contribution is 6.30. The number of hydrogen-bond donors (Lipinski definition) is 3. The number of aliphatic hydroxyl groups is 1. The summed E-state index contributed by atoms with van der Waals surface area (Å²) in [6.45, 7) is 3.25. The Kier molecular flexibility index (Phi) is 5.37. The maximum Gasteiger partial charge on any atom is 0.239 e. The number of hydrogen-bond acceptors (Lipinski definition) is 4. The summed E-state index contributed by atoms with van der Waals surface area (Å²) in [5.41, 5.74) is 0.679. The molecule has 1 heterocycles. The average Bonchev–Trinajstić information content (AvgIpc) is 2.45. The highest BCUT2D eigenvalue weighted by atomic mass is 35.5. The second-order valence-corrected chi connectivity index (χ2v) is 5.26. The molecule has 0 aliphatic carbocycles. The number of halogens is 1. The maximum atomic E-state index is 12.0. The van der Waals surface area contributed by atoms with Gasteiger partial charge in [-0.15, -0.1) is 0 Å². The van der Waals surface area contributed by atoms with Crippen LogP contribution in [0.25, 0.3) is 0 Å². The van der Waals surface area contributed by atoms with Crippen LogP contribution in [0.5, 0.6) is 0 Å². The van der Waals surface area contributed by atoms with Crippen molar-refractivity contribution in [2.24, 2.45) is 0 Å². The summed E-state index contributed by atoms with van der Waals surface area (Å²) in [6, 6.07) is 6.58. The Balaban J connectivity index is 1.86. The SMILES string of the molecule is C[C@H]1OCCN[C@@H]1C(=O)NCC(O)c1cccc(Cl)c1. The molecule has 1 aliphatic rings. The first kappa shape index (κ1) is 15.3. The lowest BCUT2D eigenvalue weighted by Gasteiger charge is -2.29. The molecule has 1 aliphatic heterocycles. The van der Waals surface area contributed by atoms with Gasteiger partial charge in [0.2, 0.25) is 5.91 Å². The van der Waals surface area contributed by atoms with Gasteiger partial charge in [0.1, 0.15) is 6.04 Å². The van der Waals surface area contributed by atoms with Crippen molar-refractivity contribution in [3.8, 4) is 0 Å². The van der Waals surface area contributed by atoms with Crippen molar-refractivity contribution in [3.05, 3.63) is 34.9 Å². The van der Waals surface area contributed by atoms with Crippen molar-refractivity contribution in [2.45, 2.75) is 25.2 Å². The minimum atomic E-state index is -0.780. The van der Waals surface area contributed by atoms with Gasteiger partial charge < -0.3 is 20.5 Å². The van der Waals surface area contributed by atoms with Crippen LogP contribution in [-0.2, 0) is 9.53 Å². The molecule has 0 saturated carbocycles. The Hall–Kier alpha value is -1.14. The molecule has 1 unspecified atom stereocenters. The summed E-state index contributed by atoms with van der Waals surface area (Å²) < 4.78 is 5.42. The van der Waals surface area contributed by atoms with E-state index in [-0.39, 0.29) is 24.6 Å². The number of rotatable bonds is 4. The minimum Gasteiger partial charge on any atom is -0.387 e. The summed E-state index contributed by atoms with van der Waals surface area (Å²) in [5.74, 6) is -0.168. The van der Waals surface area contributed by atoms with E-state index in [4.69, 9.17) is 16.3 Å². The number of benzene rings is 1. The molecule has 6 heteroatoms. The summed E-state index contributed by atoms with van der Waals surface area (Å²) in [5, 5.41) is 16.4. The maximum absolute atomic E-state index is 12.0. The number of ether oxygens (including phenoxy) is 1. The van der Waals surface area contributed by atoms with Crippen LogP contribution < -0.4 is 10.6 Å². The Morgan fingerprint density at radius 1 is 1.65 bits per heavy atom. The molecule has 0 bridgehead atoms. The smallest absolute Gasteiger partial charge is 0.239 e. The molecule has 110 valence electrons. The molecule has 5 nitrogen and oxygen atoms in total. The third-order valence-corrected chi connectivity index (χ3v) is 3.54. The molecule has 0 spiro atoms. The van der Waals surface area contributed by atoms with Crippen molar-refractivity contribution >= 4 is 17.5 Å². The first-order valence-electron chi connectivity index (χ1n) is 6.64. The molecular formula is C14H19ClN2O3. The fourth-order valence-electron chi connectivity index (χ4n) is 2.17. The van der Waals surface area contributed by atoms with Gasteiger partial charge in [0.05, 0.1) is 18.8 Å². The number of aliphatic hydroxyl groups excluding tert-OH is 1. The van der Waals surface area contributed by atoms with E-state index in [2.05, 4.69) is 10.6 Å². The van der Waals surface area contributed by atoms with Gasteiger partial charge in [0.15, 0.2) is 0 Å². The van der Waals surface area contributed by atoms with E-state index in [1.165, 1.54) is 0 Å². The Morgan fingerprint density at radius 3 is 3.15 bits per heavy atom. The van der Waals surface area contributed by atoms with Crippen LogP contribution >= 0.6 is 11.6 Å². The fraction of sp³-hybridized carbons (Fsp3) is 0.500. The van der Waals surface area contributed by atoms with Gasteiger partial charge in [-0.25, -0.2) is 0 Å². The van der Waals surface area contributed by atoms with Crippen molar-refractivity contribution in [3.63, 3.8) is 0 Å². The topological polar surface area (TPSA) is 70.6 Å². The van der Waals surface area contributed by atoms with E-state index in [0.717, 1.165) is 0 Å². The van der Waals surface area contributed by atoms with E-state index >= 15 is 0 Å². The number of carbonyl (C=O) groups excluding carboxylic acids is 1. The van der Waals surface area contributed by atoms with Crippen molar-refractivity contribution in [1.29, 1.82) is 0 Å². The summed E-state index contributed by atoms with van der Waals surface area (Å²) in [7, 11) is 0. The Morgan fingerprint density at radius 2 is 2.45 bits per heavy atom. The molecule has 0 radical (unpaired) electrons. The van der Waals surface area contributed by atoms with E-state index in [1.807, 2.05) is 6.92 Å². The van der Waals surface area contributed by atoms with E-state index in [1.54, 1.807) is 24.3 Å². The number of carbonyl (C=O) groups is 1. The second kappa shape index (κ2) is 7.04. The Bertz CT molecular complexity index is 469. The van der Waals surface area contributed by atoms with Crippen LogP contribution in [0.2, 0.25) is 5.02 Å². The zero-order chi connectivity index (χ0) is 14.5. The summed E-state index contributed by atoms with van der Waals surface area (Å²) in [6.07, 6.45) is -0.954. The van der Waals surface area contributed by atoms with E-state index < -0.39 is 6.10 Å². The third kappa shape index (κ3) is 3.93. The largest absolute Gasteiger partial charge is 0.387 e. The summed E-state index contributed by atoms with van der Waals surface area (Å²) in [4.78, 5) is 12.0. The standard InChI is InChI=1S/C14H19ClN2O3/c1-9-13(16-5-6-20-9)14(19)17-8-12(18)10-3-2-4-11(15)7-10/h2-4,7,9,12-13,16,18H,5-6,8H2,1H3,(H,17,19)/t9-,12?,13+/m1/s1. The molecule has 0 aromatic heterocycles. The molecule has 3 N–H and O–H groups in total. The molecule has 1 fully saturated rings. The molecule has 2 rings (SSSR count). The van der Waals surface area contributed by atoms with E-state index in [0.29, 0.717) is 23.7 Å². The predicted octanol–water partition coefficient (Wildman–Crippen LogP) is 0.867. The number of morpholine rings is 1. The third-order valence-electron chi connectivity index (χ3n) is 3.30. The van der Waals surface area contributed by atoms with Crippen LogP contribution in [0.1, 0.15) is 18.6 Å². The number of amides is 1. The van der Waals surface area contributed by atoms with Gasteiger partial charge in [-0.2, -0.15) is 0 Å². The molecule has 1 aromatic carbocycles. The highest BCUT2D eigenvalue weighted by Gasteiger charge is 2.28. The van der Waals surface area contributed by atoms with E-state index in [9.17, 15) is 9.90 Å². The predicted molar refractivity (Wildman–Crippen MR) is 76.6 cm³/mol. The van der Waals surface area contributed by atoms with Gasteiger partial charge in [-0.3, -0.25) is 4.79 Å².